The van der Waals surface area contributed by atoms with Crippen LogP contribution in [0.15, 0.2) is 17.2 Å². The van der Waals surface area contributed by atoms with Crippen LogP contribution in [0.2, 0.25) is 23.2 Å². The number of hydrazone groups is 1. The smallest absolute Gasteiger partial charge is 0.240 e. The van der Waals surface area contributed by atoms with E-state index in [4.69, 9.17) is 20.8 Å². The van der Waals surface area contributed by atoms with Gasteiger partial charge in [-0.25, -0.2) is 5.43 Å². The Morgan fingerprint density at radius 3 is 2.50 bits per heavy atom. The molecule has 7 heteroatoms. The molecule has 5 nitrogen and oxygen atoms in total. The zero-order valence-electron chi connectivity index (χ0n) is 19.3. The monoisotopic (exact) mass is 450 g/mol. The van der Waals surface area contributed by atoms with Crippen molar-refractivity contribution >= 4 is 31.5 Å². The number of hydrogen-bond donors (Lipinski definition) is 1. The molecule has 2 aliphatic rings. The second-order valence-electron chi connectivity index (χ2n) is 10.4. The molecule has 1 aromatic carbocycles. The molecule has 0 saturated heterocycles. The number of benzene rings is 1. The van der Waals surface area contributed by atoms with Gasteiger partial charge in [-0.2, -0.15) is 5.10 Å². The number of hydrogen-bond acceptors (Lipinski definition) is 4. The summed E-state index contributed by atoms with van der Waals surface area (Å²) in [6, 6.07) is 3.93. The lowest BCUT2D eigenvalue weighted by atomic mass is 9.93. The minimum Gasteiger partial charge on any atom is -0.491 e. The normalized spacial score (nSPS) is 24.3. The van der Waals surface area contributed by atoms with Crippen molar-refractivity contribution < 1.29 is 14.0 Å². The summed E-state index contributed by atoms with van der Waals surface area (Å²) in [5, 5.41) is 5.06. The molecule has 1 saturated carbocycles. The molecule has 1 aromatic rings. The third-order valence-electron chi connectivity index (χ3n) is 6.76. The Balaban J connectivity index is 1.57. The summed E-state index contributed by atoms with van der Waals surface area (Å²) in [7, 11) is -1.69. The number of amides is 1. The molecule has 1 N–H and O–H groups in total. The van der Waals surface area contributed by atoms with Gasteiger partial charge in [-0.15, -0.1) is 0 Å². The van der Waals surface area contributed by atoms with Gasteiger partial charge in [0.1, 0.15) is 5.75 Å². The fourth-order valence-corrected chi connectivity index (χ4v) is 4.89. The van der Waals surface area contributed by atoms with E-state index in [1.54, 1.807) is 0 Å². The first-order valence-electron chi connectivity index (χ1n) is 10.8. The van der Waals surface area contributed by atoms with Crippen LogP contribution in [0.25, 0.3) is 0 Å². The van der Waals surface area contributed by atoms with Gasteiger partial charge in [0, 0.05) is 24.5 Å². The molecular weight excluding hydrogens is 416 g/mol. The zero-order valence-corrected chi connectivity index (χ0v) is 21.0. The fraction of sp³-hybridized carbons (Fsp3) is 0.652. The summed E-state index contributed by atoms with van der Waals surface area (Å²) in [6.45, 7) is 16.9. The predicted molar refractivity (Wildman–Crippen MR) is 125 cm³/mol. The van der Waals surface area contributed by atoms with Crippen molar-refractivity contribution in [3.05, 3.63) is 28.3 Å². The highest BCUT2D eigenvalue weighted by atomic mass is 35.5. The SMILES string of the molecule is Cc1cc(C2=NNC(=O)CC2C)cc(Cl)c1OCC1CC1CO[Si](C)(C)C(C)(C)C. The van der Waals surface area contributed by atoms with Gasteiger partial charge in [0.15, 0.2) is 8.32 Å². The largest absolute Gasteiger partial charge is 0.491 e. The van der Waals surface area contributed by atoms with Gasteiger partial charge in [-0.05, 0) is 61.0 Å². The molecule has 1 fully saturated rings. The summed E-state index contributed by atoms with van der Waals surface area (Å²) in [5.41, 5.74) is 5.34. The Morgan fingerprint density at radius 1 is 1.23 bits per heavy atom. The summed E-state index contributed by atoms with van der Waals surface area (Å²) < 4.78 is 12.5. The van der Waals surface area contributed by atoms with Crippen LogP contribution >= 0.6 is 11.6 Å². The number of rotatable bonds is 7. The number of halogens is 1. The van der Waals surface area contributed by atoms with E-state index in [9.17, 15) is 4.79 Å². The maximum absolute atomic E-state index is 11.5. The number of nitrogens with zero attached hydrogens (tertiary/aromatic N) is 1. The van der Waals surface area contributed by atoms with Crippen LogP contribution in [0.3, 0.4) is 0 Å². The van der Waals surface area contributed by atoms with Crippen LogP contribution in [0, 0.1) is 24.7 Å². The molecule has 3 unspecified atom stereocenters. The predicted octanol–water partition coefficient (Wildman–Crippen LogP) is 5.55. The van der Waals surface area contributed by atoms with E-state index in [0.29, 0.717) is 29.9 Å². The Labute approximate surface area is 186 Å². The topological polar surface area (TPSA) is 59.9 Å². The summed E-state index contributed by atoms with van der Waals surface area (Å²) in [5.74, 6) is 1.87. The number of carbonyl (C=O) groups is 1. The van der Waals surface area contributed by atoms with Gasteiger partial charge in [0.05, 0.1) is 17.3 Å². The van der Waals surface area contributed by atoms with Gasteiger partial charge < -0.3 is 9.16 Å². The summed E-state index contributed by atoms with van der Waals surface area (Å²) >= 11 is 6.56. The third kappa shape index (κ3) is 5.27. The van der Waals surface area contributed by atoms with E-state index in [0.717, 1.165) is 35.6 Å². The van der Waals surface area contributed by atoms with E-state index >= 15 is 0 Å². The maximum atomic E-state index is 11.5. The number of nitrogens with one attached hydrogen (secondary N) is 1. The number of aryl methyl sites for hydroxylation is 1. The molecule has 1 aliphatic heterocycles. The Bertz CT molecular complexity index is 824. The van der Waals surface area contributed by atoms with Crippen molar-refractivity contribution in [1.29, 1.82) is 0 Å². The first-order valence-corrected chi connectivity index (χ1v) is 14.1. The molecule has 0 radical (unpaired) electrons. The minimum atomic E-state index is -1.69. The van der Waals surface area contributed by atoms with Crippen LogP contribution in [0.1, 0.15) is 51.7 Å². The zero-order chi connectivity index (χ0) is 22.3. The lowest BCUT2D eigenvalue weighted by Gasteiger charge is -2.36. The van der Waals surface area contributed by atoms with Crippen molar-refractivity contribution in [2.24, 2.45) is 22.9 Å². The molecule has 1 aliphatic carbocycles. The molecule has 0 aromatic heterocycles. The highest BCUT2D eigenvalue weighted by Gasteiger charge is 2.42. The van der Waals surface area contributed by atoms with Crippen LogP contribution < -0.4 is 10.2 Å². The molecule has 30 heavy (non-hydrogen) atoms. The quantitative estimate of drug-likeness (QED) is 0.554. The minimum absolute atomic E-state index is 0.0504. The summed E-state index contributed by atoms with van der Waals surface area (Å²) in [4.78, 5) is 11.5. The highest BCUT2D eigenvalue weighted by Crippen LogP contribution is 2.43. The lowest BCUT2D eigenvalue weighted by molar-refractivity contribution is -0.121. The fourth-order valence-electron chi connectivity index (χ4n) is 3.50. The average Bonchev–Trinajstić information content (AvgIpc) is 3.36. The van der Waals surface area contributed by atoms with E-state index in [1.165, 1.54) is 0 Å². The van der Waals surface area contributed by atoms with Crippen molar-refractivity contribution in [3.8, 4) is 5.75 Å². The Morgan fingerprint density at radius 2 is 1.90 bits per heavy atom. The van der Waals surface area contributed by atoms with Gasteiger partial charge in [0.25, 0.3) is 0 Å². The summed E-state index contributed by atoms with van der Waals surface area (Å²) in [6.07, 6.45) is 1.59. The van der Waals surface area contributed by atoms with E-state index in [-0.39, 0.29) is 16.9 Å². The van der Waals surface area contributed by atoms with E-state index in [2.05, 4.69) is 44.4 Å². The van der Waals surface area contributed by atoms with E-state index < -0.39 is 8.32 Å². The molecule has 0 spiro atoms. The maximum Gasteiger partial charge on any atom is 0.240 e. The van der Waals surface area contributed by atoms with Crippen molar-refractivity contribution in [1.82, 2.24) is 5.43 Å². The molecule has 0 bridgehead atoms. The van der Waals surface area contributed by atoms with Crippen molar-refractivity contribution in [3.63, 3.8) is 0 Å². The standard InChI is InChI=1S/C23H35ClN2O3Si/c1-14-9-20(27)25-26-21(14)16-8-15(2)22(19(24)11-16)28-12-17-10-18(17)13-29-30(6,7)23(3,4)5/h8,11,14,17-18H,9-10,12-13H2,1-7H3,(H,25,27). The Kier molecular flexibility index (Phi) is 6.70. The third-order valence-corrected chi connectivity index (χ3v) is 11.5. The Hall–Kier alpha value is -1.37. The number of ether oxygens (including phenoxy) is 1. The second-order valence-corrected chi connectivity index (χ2v) is 15.6. The van der Waals surface area contributed by atoms with Gasteiger partial charge >= 0.3 is 0 Å². The van der Waals surface area contributed by atoms with Gasteiger partial charge in [0.2, 0.25) is 5.91 Å². The first-order chi connectivity index (χ1) is 13.9. The first kappa shape index (κ1) is 23.3. The van der Waals surface area contributed by atoms with Crippen LogP contribution in [0.4, 0.5) is 0 Å². The second kappa shape index (κ2) is 8.64. The van der Waals surface area contributed by atoms with Gasteiger partial charge in [-0.1, -0.05) is 39.3 Å². The molecule has 166 valence electrons. The molecular formula is C23H35ClN2O3Si. The van der Waals surface area contributed by atoms with Gasteiger partial charge in [-0.3, -0.25) is 4.79 Å². The van der Waals surface area contributed by atoms with Crippen molar-refractivity contribution in [2.75, 3.05) is 13.2 Å². The molecule has 3 rings (SSSR count). The molecule has 1 heterocycles. The number of carbonyl (C=O) groups excluding carboxylic acids is 1. The van der Waals surface area contributed by atoms with Crippen molar-refractivity contribution in [2.45, 2.75) is 65.6 Å². The molecule has 1 amide bonds. The van der Waals surface area contributed by atoms with Crippen LogP contribution in [-0.4, -0.2) is 33.2 Å². The average molecular weight is 451 g/mol. The van der Waals surface area contributed by atoms with Crippen LogP contribution in [0.5, 0.6) is 5.75 Å². The highest BCUT2D eigenvalue weighted by molar-refractivity contribution is 6.74. The van der Waals surface area contributed by atoms with E-state index in [1.807, 2.05) is 26.0 Å². The molecule has 3 atom stereocenters. The van der Waals surface area contributed by atoms with Crippen LogP contribution in [-0.2, 0) is 9.22 Å². The lowest BCUT2D eigenvalue weighted by Crippen LogP contribution is -2.41.